The number of benzene rings is 2. The minimum absolute atomic E-state index is 0.0135. The molecule has 4 aromatic rings. The molecule has 3 nitrogen and oxygen atoms in total. The van der Waals surface area contributed by atoms with Crippen molar-refractivity contribution in [3.8, 4) is 11.3 Å². The molecule has 2 aromatic carbocycles. The van der Waals surface area contributed by atoms with Gasteiger partial charge in [0.05, 0.1) is 5.56 Å². The van der Waals surface area contributed by atoms with Crippen LogP contribution in [-0.2, 0) is 13.2 Å². The summed E-state index contributed by atoms with van der Waals surface area (Å²) in [6.07, 6.45) is -4.59. The molecule has 4 rings (SSSR count). The number of nitrogens with zero attached hydrogens (tertiary/aromatic N) is 1. The van der Waals surface area contributed by atoms with Gasteiger partial charge in [0.15, 0.2) is 0 Å². The van der Waals surface area contributed by atoms with E-state index in [4.69, 9.17) is 0 Å². The fourth-order valence-corrected chi connectivity index (χ4v) is 3.21. The number of pyridine rings is 1. The van der Waals surface area contributed by atoms with Gasteiger partial charge in [-0.2, -0.15) is 13.2 Å². The Bertz CT molecular complexity index is 1150. The molecule has 0 fully saturated rings. The van der Waals surface area contributed by atoms with Crippen molar-refractivity contribution in [3.05, 3.63) is 70.5 Å². The second kappa shape index (κ2) is 5.24. The molecule has 0 bridgehead atoms. The van der Waals surface area contributed by atoms with Crippen molar-refractivity contribution in [2.75, 3.05) is 0 Å². The molecule has 0 atom stereocenters. The fraction of sp³-hybridized carbons (Fsp3) is 0.105. The molecule has 1 N–H and O–H groups in total. The van der Waals surface area contributed by atoms with Crippen LogP contribution in [0.25, 0.3) is 33.1 Å². The Hall–Kier alpha value is -3.02. The lowest BCUT2D eigenvalue weighted by Gasteiger charge is -2.10. The zero-order chi connectivity index (χ0) is 17.8. The first-order valence-electron chi connectivity index (χ1n) is 7.64. The standard InChI is InChI=1S/C19H13F3N2O/c1-24-16(11-5-3-2-4-6-11)8-12-7-15-13(9-17(12)24)14(19(20,21)22)10-18(25)23-15/h2-10H,1H3,(H,23,25). The maximum Gasteiger partial charge on any atom is 0.417 e. The lowest BCUT2D eigenvalue weighted by Crippen LogP contribution is -2.13. The van der Waals surface area contributed by atoms with E-state index in [-0.39, 0.29) is 10.9 Å². The summed E-state index contributed by atoms with van der Waals surface area (Å²) in [5, 5.41) is 0.754. The highest BCUT2D eigenvalue weighted by atomic mass is 19.4. The molecule has 0 saturated carbocycles. The number of fused-ring (bicyclic) bond motifs is 2. The van der Waals surface area contributed by atoms with Gasteiger partial charge in [0.1, 0.15) is 0 Å². The summed E-state index contributed by atoms with van der Waals surface area (Å²) >= 11 is 0. The quantitative estimate of drug-likeness (QED) is 0.535. The van der Waals surface area contributed by atoms with E-state index in [1.165, 1.54) is 6.07 Å². The molecule has 0 unspecified atom stereocenters. The summed E-state index contributed by atoms with van der Waals surface area (Å²) in [5.41, 5.74) is 1.02. The molecular formula is C19H13F3N2O. The molecule has 2 heterocycles. The largest absolute Gasteiger partial charge is 0.417 e. The Kier molecular flexibility index (Phi) is 3.25. The molecule has 6 heteroatoms. The highest BCUT2D eigenvalue weighted by Gasteiger charge is 2.33. The van der Waals surface area contributed by atoms with Crippen molar-refractivity contribution in [3.63, 3.8) is 0 Å². The number of rotatable bonds is 1. The van der Waals surface area contributed by atoms with Gasteiger partial charge in [-0.3, -0.25) is 4.79 Å². The highest BCUT2D eigenvalue weighted by Crippen LogP contribution is 2.36. The second-order valence-electron chi connectivity index (χ2n) is 5.96. The number of hydrogen-bond acceptors (Lipinski definition) is 1. The van der Waals surface area contributed by atoms with Gasteiger partial charge in [-0.25, -0.2) is 0 Å². The number of aryl methyl sites for hydroxylation is 1. The number of aromatic nitrogens is 2. The summed E-state index contributed by atoms with van der Waals surface area (Å²) in [5.74, 6) is 0. The van der Waals surface area contributed by atoms with Gasteiger partial charge in [-0.15, -0.1) is 0 Å². The van der Waals surface area contributed by atoms with Gasteiger partial charge < -0.3 is 9.55 Å². The van der Waals surface area contributed by atoms with E-state index in [2.05, 4.69) is 4.98 Å². The van der Waals surface area contributed by atoms with Crippen LogP contribution in [0.3, 0.4) is 0 Å². The minimum atomic E-state index is -4.59. The topological polar surface area (TPSA) is 37.8 Å². The van der Waals surface area contributed by atoms with Crippen molar-refractivity contribution in [2.24, 2.45) is 7.05 Å². The summed E-state index contributed by atoms with van der Waals surface area (Å²) in [7, 11) is 1.81. The van der Waals surface area contributed by atoms with Crippen molar-refractivity contribution in [1.82, 2.24) is 9.55 Å². The van der Waals surface area contributed by atoms with Crippen molar-refractivity contribution in [1.29, 1.82) is 0 Å². The summed E-state index contributed by atoms with van der Waals surface area (Å²) < 4.78 is 41.8. The number of halogens is 3. The molecule has 0 spiro atoms. The third-order valence-corrected chi connectivity index (χ3v) is 4.38. The van der Waals surface area contributed by atoms with Gasteiger partial charge >= 0.3 is 6.18 Å². The molecule has 0 aliphatic rings. The van der Waals surface area contributed by atoms with E-state index >= 15 is 0 Å². The monoisotopic (exact) mass is 342 g/mol. The van der Waals surface area contributed by atoms with Crippen LogP contribution in [0.1, 0.15) is 5.56 Å². The molecular weight excluding hydrogens is 329 g/mol. The number of nitrogens with one attached hydrogen (secondary N) is 1. The molecule has 2 aromatic heterocycles. The zero-order valence-electron chi connectivity index (χ0n) is 13.2. The predicted octanol–water partition coefficient (Wildman–Crippen LogP) is 4.71. The minimum Gasteiger partial charge on any atom is -0.344 e. The Morgan fingerprint density at radius 1 is 1.00 bits per heavy atom. The van der Waals surface area contributed by atoms with Crippen LogP contribution in [-0.4, -0.2) is 9.55 Å². The van der Waals surface area contributed by atoms with E-state index in [1.54, 1.807) is 6.07 Å². The van der Waals surface area contributed by atoms with Crippen molar-refractivity contribution >= 4 is 21.8 Å². The molecule has 0 radical (unpaired) electrons. The van der Waals surface area contributed by atoms with Crippen LogP contribution in [0.2, 0.25) is 0 Å². The van der Waals surface area contributed by atoms with E-state index in [1.807, 2.05) is 48.0 Å². The first-order chi connectivity index (χ1) is 11.8. The van der Waals surface area contributed by atoms with Crippen LogP contribution < -0.4 is 5.56 Å². The maximum atomic E-state index is 13.3. The molecule has 0 aliphatic carbocycles. The maximum absolute atomic E-state index is 13.3. The van der Waals surface area contributed by atoms with Gasteiger partial charge in [0.2, 0.25) is 5.56 Å². The zero-order valence-corrected chi connectivity index (χ0v) is 13.2. The van der Waals surface area contributed by atoms with Crippen molar-refractivity contribution in [2.45, 2.75) is 6.18 Å². The molecule has 126 valence electrons. The summed E-state index contributed by atoms with van der Waals surface area (Å²) in [6, 6.07) is 15.2. The average molecular weight is 342 g/mol. The van der Waals surface area contributed by atoms with Crippen LogP contribution in [0.5, 0.6) is 0 Å². The number of H-pyrrole nitrogens is 1. The van der Waals surface area contributed by atoms with Gasteiger partial charge in [-0.05, 0) is 23.8 Å². The molecule has 0 aliphatic heterocycles. The average Bonchev–Trinajstić information content (AvgIpc) is 2.88. The number of aromatic amines is 1. The fourth-order valence-electron chi connectivity index (χ4n) is 3.21. The van der Waals surface area contributed by atoms with Crippen LogP contribution in [0.4, 0.5) is 13.2 Å². The van der Waals surface area contributed by atoms with Crippen LogP contribution >= 0.6 is 0 Å². The van der Waals surface area contributed by atoms with E-state index < -0.39 is 17.3 Å². The van der Waals surface area contributed by atoms with E-state index in [0.29, 0.717) is 11.6 Å². The Balaban J connectivity index is 2.08. The van der Waals surface area contributed by atoms with Crippen LogP contribution in [0, 0.1) is 0 Å². The van der Waals surface area contributed by atoms with Gasteiger partial charge in [0.25, 0.3) is 0 Å². The molecule has 0 saturated heterocycles. The normalized spacial score (nSPS) is 12.2. The van der Waals surface area contributed by atoms with Gasteiger partial charge in [-0.1, -0.05) is 30.3 Å². The van der Waals surface area contributed by atoms with Crippen molar-refractivity contribution < 1.29 is 13.2 Å². The molecule has 0 amide bonds. The first-order valence-corrected chi connectivity index (χ1v) is 7.64. The Labute approximate surface area is 140 Å². The highest BCUT2D eigenvalue weighted by molar-refractivity contribution is 5.99. The Morgan fingerprint density at radius 3 is 2.40 bits per heavy atom. The third kappa shape index (κ3) is 2.50. The molecule has 25 heavy (non-hydrogen) atoms. The lowest BCUT2D eigenvalue weighted by molar-refractivity contribution is -0.136. The number of hydrogen-bond donors (Lipinski definition) is 1. The SMILES string of the molecule is Cn1c(-c2ccccc2)cc2cc3[nH]c(=O)cc(C(F)(F)F)c3cc21. The Morgan fingerprint density at radius 2 is 1.72 bits per heavy atom. The van der Waals surface area contributed by atoms with Crippen LogP contribution in [0.15, 0.2) is 59.4 Å². The second-order valence-corrected chi connectivity index (χ2v) is 5.96. The smallest absolute Gasteiger partial charge is 0.344 e. The summed E-state index contributed by atoms with van der Waals surface area (Å²) in [6.45, 7) is 0. The first kappa shape index (κ1) is 15.5. The van der Waals surface area contributed by atoms with E-state index in [0.717, 1.165) is 16.6 Å². The predicted molar refractivity (Wildman–Crippen MR) is 91.5 cm³/mol. The third-order valence-electron chi connectivity index (χ3n) is 4.38. The summed E-state index contributed by atoms with van der Waals surface area (Å²) in [4.78, 5) is 14.1. The number of alkyl halides is 3. The lowest BCUT2D eigenvalue weighted by atomic mass is 10.1. The van der Waals surface area contributed by atoms with Gasteiger partial charge in [0, 0.05) is 40.6 Å². The van der Waals surface area contributed by atoms with E-state index in [9.17, 15) is 18.0 Å².